The van der Waals surface area contributed by atoms with Crippen molar-refractivity contribution >= 4 is 0 Å². The summed E-state index contributed by atoms with van der Waals surface area (Å²) >= 11 is 0. The molecule has 0 aliphatic heterocycles. The van der Waals surface area contributed by atoms with Crippen LogP contribution in [0.1, 0.15) is 44.1 Å². The molecule has 19 heavy (non-hydrogen) atoms. The summed E-state index contributed by atoms with van der Waals surface area (Å²) in [7, 11) is 1.68. The van der Waals surface area contributed by atoms with Gasteiger partial charge in [0.2, 0.25) is 0 Å². The maximum absolute atomic E-state index is 6.25. The molecular weight excluding hydrogens is 238 g/mol. The average molecular weight is 263 g/mol. The Morgan fingerprint density at radius 2 is 1.79 bits per heavy atom. The van der Waals surface area contributed by atoms with E-state index in [4.69, 9.17) is 15.2 Å². The molecule has 1 aliphatic carbocycles. The summed E-state index contributed by atoms with van der Waals surface area (Å²) in [6.45, 7) is 2.05. The van der Waals surface area contributed by atoms with Crippen molar-refractivity contribution in [3.05, 3.63) is 23.8 Å². The SMILES string of the molecule is COc1cc(C)ccc1OC1CCCCCCC1N. The molecule has 0 heterocycles. The van der Waals surface area contributed by atoms with Gasteiger partial charge in [-0.1, -0.05) is 25.3 Å². The first-order chi connectivity index (χ1) is 9.20. The third-order valence-electron chi connectivity index (χ3n) is 3.85. The molecule has 0 bridgehead atoms. The van der Waals surface area contributed by atoms with Gasteiger partial charge in [0.1, 0.15) is 6.10 Å². The van der Waals surface area contributed by atoms with Crippen LogP contribution in [0.3, 0.4) is 0 Å². The van der Waals surface area contributed by atoms with Crippen molar-refractivity contribution in [2.45, 2.75) is 57.6 Å². The van der Waals surface area contributed by atoms with Gasteiger partial charge in [0.15, 0.2) is 11.5 Å². The number of benzene rings is 1. The second-order valence-corrected chi connectivity index (χ2v) is 5.47. The minimum absolute atomic E-state index is 0.108. The van der Waals surface area contributed by atoms with E-state index < -0.39 is 0 Å². The average Bonchev–Trinajstić information content (AvgIpc) is 2.40. The molecule has 1 aliphatic rings. The van der Waals surface area contributed by atoms with E-state index in [1.165, 1.54) is 31.2 Å². The lowest BCUT2D eigenvalue weighted by molar-refractivity contribution is 0.140. The van der Waals surface area contributed by atoms with E-state index in [0.29, 0.717) is 0 Å². The van der Waals surface area contributed by atoms with Crippen LogP contribution in [0.4, 0.5) is 0 Å². The van der Waals surface area contributed by atoms with Crippen molar-refractivity contribution in [3.63, 3.8) is 0 Å². The van der Waals surface area contributed by atoms with Gasteiger partial charge in [0, 0.05) is 6.04 Å². The van der Waals surface area contributed by atoms with Gasteiger partial charge in [0.05, 0.1) is 7.11 Å². The molecule has 1 fully saturated rings. The molecule has 2 rings (SSSR count). The normalized spacial score (nSPS) is 24.4. The van der Waals surface area contributed by atoms with Crippen molar-refractivity contribution in [3.8, 4) is 11.5 Å². The van der Waals surface area contributed by atoms with Gasteiger partial charge >= 0.3 is 0 Å². The summed E-state index contributed by atoms with van der Waals surface area (Å²) in [5.41, 5.74) is 7.42. The minimum atomic E-state index is 0.108. The molecule has 2 atom stereocenters. The van der Waals surface area contributed by atoms with Gasteiger partial charge in [-0.25, -0.2) is 0 Å². The number of methoxy groups -OCH3 is 1. The first-order valence-corrected chi connectivity index (χ1v) is 7.27. The Morgan fingerprint density at radius 3 is 2.53 bits per heavy atom. The summed E-state index contributed by atoms with van der Waals surface area (Å²) in [5, 5.41) is 0. The molecule has 0 saturated heterocycles. The van der Waals surface area contributed by atoms with Crippen LogP contribution in [-0.2, 0) is 0 Å². The predicted molar refractivity (Wildman–Crippen MR) is 77.8 cm³/mol. The van der Waals surface area contributed by atoms with Gasteiger partial charge in [-0.05, 0) is 43.9 Å². The molecular formula is C16H25NO2. The highest BCUT2D eigenvalue weighted by Gasteiger charge is 2.22. The molecule has 1 saturated carbocycles. The minimum Gasteiger partial charge on any atom is -0.493 e. The smallest absolute Gasteiger partial charge is 0.161 e. The first kappa shape index (κ1) is 14.2. The predicted octanol–water partition coefficient (Wildman–Crippen LogP) is 3.43. The maximum Gasteiger partial charge on any atom is 0.161 e. The standard InChI is InChI=1S/C16H25NO2/c1-12-9-10-15(16(11-12)18-2)19-14-8-6-4-3-5-7-13(14)17/h9-11,13-14H,3-8,17H2,1-2H3. The number of hydrogen-bond donors (Lipinski definition) is 1. The Bertz CT molecular complexity index is 406. The Morgan fingerprint density at radius 1 is 1.05 bits per heavy atom. The number of hydrogen-bond acceptors (Lipinski definition) is 3. The Hall–Kier alpha value is -1.22. The van der Waals surface area contributed by atoms with E-state index >= 15 is 0 Å². The highest BCUT2D eigenvalue weighted by Crippen LogP contribution is 2.31. The van der Waals surface area contributed by atoms with Crippen LogP contribution in [0.25, 0.3) is 0 Å². The van der Waals surface area contributed by atoms with Crippen molar-refractivity contribution in [1.29, 1.82) is 0 Å². The number of nitrogens with two attached hydrogens (primary N) is 1. The van der Waals surface area contributed by atoms with Crippen LogP contribution < -0.4 is 15.2 Å². The van der Waals surface area contributed by atoms with Crippen molar-refractivity contribution in [1.82, 2.24) is 0 Å². The summed E-state index contributed by atoms with van der Waals surface area (Å²) < 4.78 is 11.5. The topological polar surface area (TPSA) is 44.5 Å². The monoisotopic (exact) mass is 263 g/mol. The molecule has 2 unspecified atom stereocenters. The fourth-order valence-corrected chi connectivity index (χ4v) is 2.66. The molecule has 0 spiro atoms. The Balaban J connectivity index is 2.09. The maximum atomic E-state index is 6.25. The summed E-state index contributed by atoms with van der Waals surface area (Å²) in [4.78, 5) is 0. The van der Waals surface area contributed by atoms with Crippen LogP contribution in [0.5, 0.6) is 11.5 Å². The summed E-state index contributed by atoms with van der Waals surface area (Å²) in [6, 6.07) is 6.17. The lowest BCUT2D eigenvalue weighted by Gasteiger charge is -2.27. The van der Waals surface area contributed by atoms with Crippen molar-refractivity contribution in [2.75, 3.05) is 7.11 Å². The molecule has 0 aromatic heterocycles. The van der Waals surface area contributed by atoms with Gasteiger partial charge in [-0.3, -0.25) is 0 Å². The van der Waals surface area contributed by atoms with E-state index in [1.807, 2.05) is 25.1 Å². The van der Waals surface area contributed by atoms with Gasteiger partial charge in [-0.2, -0.15) is 0 Å². The summed E-state index contributed by atoms with van der Waals surface area (Å²) in [5.74, 6) is 1.61. The number of rotatable bonds is 3. The molecule has 3 nitrogen and oxygen atoms in total. The third kappa shape index (κ3) is 3.87. The highest BCUT2D eigenvalue weighted by molar-refractivity contribution is 5.42. The van der Waals surface area contributed by atoms with Crippen molar-refractivity contribution < 1.29 is 9.47 Å². The van der Waals surface area contributed by atoms with Crippen LogP contribution >= 0.6 is 0 Å². The molecule has 106 valence electrons. The first-order valence-electron chi connectivity index (χ1n) is 7.27. The second kappa shape index (κ2) is 6.80. The van der Waals surface area contributed by atoms with Gasteiger partial charge < -0.3 is 15.2 Å². The van der Waals surface area contributed by atoms with E-state index in [1.54, 1.807) is 7.11 Å². The quantitative estimate of drug-likeness (QED) is 0.908. The molecule has 1 aromatic rings. The molecule has 1 aromatic carbocycles. The second-order valence-electron chi connectivity index (χ2n) is 5.47. The van der Waals surface area contributed by atoms with E-state index in [2.05, 4.69) is 0 Å². The summed E-state index contributed by atoms with van der Waals surface area (Å²) in [6.07, 6.45) is 7.21. The Labute approximate surface area is 116 Å². The van der Waals surface area contributed by atoms with E-state index in [0.717, 1.165) is 24.3 Å². The van der Waals surface area contributed by atoms with Gasteiger partial charge in [0.25, 0.3) is 0 Å². The molecule has 3 heteroatoms. The number of aryl methyl sites for hydroxylation is 1. The van der Waals surface area contributed by atoms with Crippen LogP contribution in [0.2, 0.25) is 0 Å². The zero-order valence-corrected chi connectivity index (χ0v) is 12.0. The van der Waals surface area contributed by atoms with Crippen LogP contribution in [-0.4, -0.2) is 19.3 Å². The molecule has 0 amide bonds. The van der Waals surface area contributed by atoms with Crippen LogP contribution in [0, 0.1) is 6.92 Å². The van der Waals surface area contributed by atoms with E-state index in [-0.39, 0.29) is 12.1 Å². The Kier molecular flexibility index (Phi) is 5.08. The third-order valence-corrected chi connectivity index (χ3v) is 3.85. The van der Waals surface area contributed by atoms with E-state index in [9.17, 15) is 0 Å². The largest absolute Gasteiger partial charge is 0.493 e. The highest BCUT2D eigenvalue weighted by atomic mass is 16.5. The zero-order chi connectivity index (χ0) is 13.7. The van der Waals surface area contributed by atoms with Crippen molar-refractivity contribution in [2.24, 2.45) is 5.73 Å². The zero-order valence-electron chi connectivity index (χ0n) is 12.0. The lowest BCUT2D eigenvalue weighted by Crippen LogP contribution is -2.39. The fourth-order valence-electron chi connectivity index (χ4n) is 2.66. The van der Waals surface area contributed by atoms with Crippen LogP contribution in [0.15, 0.2) is 18.2 Å². The molecule has 0 radical (unpaired) electrons. The molecule has 2 N–H and O–H groups in total. The number of ether oxygens (including phenoxy) is 2. The lowest BCUT2D eigenvalue weighted by atomic mass is 9.95. The fraction of sp³-hybridized carbons (Fsp3) is 0.625. The van der Waals surface area contributed by atoms with Gasteiger partial charge in [-0.15, -0.1) is 0 Å².